The van der Waals surface area contributed by atoms with E-state index in [1.807, 2.05) is 18.3 Å². The molecule has 1 N–H and O–H groups in total. The fourth-order valence-corrected chi connectivity index (χ4v) is 1.47. The molecule has 0 aliphatic heterocycles. The number of hydrogen-bond acceptors (Lipinski definition) is 3. The van der Waals surface area contributed by atoms with E-state index in [9.17, 15) is 0 Å². The second-order valence-electron chi connectivity index (χ2n) is 5.59. The average molecular weight is 232 g/mol. The summed E-state index contributed by atoms with van der Waals surface area (Å²) in [4.78, 5) is 4.48. The van der Waals surface area contributed by atoms with Crippen molar-refractivity contribution < 1.29 is 0 Å². The normalized spacial score (nSPS) is 13.9. The van der Waals surface area contributed by atoms with Gasteiger partial charge in [-0.1, -0.05) is 27.7 Å². The molecule has 4 heteroatoms. The molecule has 2 aromatic rings. The van der Waals surface area contributed by atoms with Gasteiger partial charge in [-0.25, -0.2) is 9.50 Å². The van der Waals surface area contributed by atoms with Gasteiger partial charge in [0.1, 0.15) is 5.82 Å². The van der Waals surface area contributed by atoms with E-state index in [1.54, 1.807) is 10.7 Å². The van der Waals surface area contributed by atoms with Crippen LogP contribution in [0.5, 0.6) is 0 Å². The number of nitrogens with zero attached hydrogens (tertiary/aromatic N) is 3. The maximum Gasteiger partial charge on any atom is 0.157 e. The van der Waals surface area contributed by atoms with Crippen LogP contribution in [0.15, 0.2) is 24.5 Å². The predicted molar refractivity (Wildman–Crippen MR) is 70.1 cm³/mol. The molecule has 0 saturated carbocycles. The van der Waals surface area contributed by atoms with Crippen LogP contribution >= 0.6 is 0 Å². The summed E-state index contributed by atoms with van der Waals surface area (Å²) in [7, 11) is 0. The van der Waals surface area contributed by atoms with E-state index in [1.165, 1.54) is 0 Å². The molecule has 2 rings (SSSR count). The molecule has 0 amide bonds. The Morgan fingerprint density at radius 1 is 1.35 bits per heavy atom. The van der Waals surface area contributed by atoms with Crippen LogP contribution in [0.3, 0.4) is 0 Å². The minimum absolute atomic E-state index is 0.313. The van der Waals surface area contributed by atoms with Gasteiger partial charge in [0.05, 0.1) is 6.20 Å². The zero-order chi connectivity index (χ0) is 12.5. The first-order valence-electron chi connectivity index (χ1n) is 6.01. The Labute approximate surface area is 102 Å². The summed E-state index contributed by atoms with van der Waals surface area (Å²) in [6.07, 6.45) is 3.68. The van der Waals surface area contributed by atoms with Crippen molar-refractivity contribution in [1.82, 2.24) is 14.6 Å². The molecule has 0 aliphatic carbocycles. The summed E-state index contributed by atoms with van der Waals surface area (Å²) in [5.74, 6) is 1.50. The first kappa shape index (κ1) is 11.9. The molecular weight excluding hydrogens is 212 g/mol. The lowest BCUT2D eigenvalue weighted by molar-refractivity contribution is 0.274. The number of fused-ring (bicyclic) bond motifs is 1. The van der Waals surface area contributed by atoms with Gasteiger partial charge in [0.15, 0.2) is 5.65 Å². The van der Waals surface area contributed by atoms with E-state index in [4.69, 9.17) is 0 Å². The van der Waals surface area contributed by atoms with Crippen LogP contribution < -0.4 is 5.32 Å². The van der Waals surface area contributed by atoms with Gasteiger partial charge in [-0.15, -0.1) is 0 Å². The van der Waals surface area contributed by atoms with Crippen molar-refractivity contribution >= 4 is 11.5 Å². The second kappa shape index (κ2) is 4.35. The zero-order valence-corrected chi connectivity index (χ0v) is 10.9. The highest BCUT2D eigenvalue weighted by atomic mass is 15.2. The topological polar surface area (TPSA) is 42.2 Å². The van der Waals surface area contributed by atoms with Crippen molar-refractivity contribution in [1.29, 1.82) is 0 Å². The van der Waals surface area contributed by atoms with Crippen LogP contribution in [-0.2, 0) is 0 Å². The molecule has 0 fully saturated rings. The van der Waals surface area contributed by atoms with Gasteiger partial charge in [0.25, 0.3) is 0 Å². The molecular formula is C13H20N4. The van der Waals surface area contributed by atoms with Crippen LogP contribution in [-0.4, -0.2) is 21.1 Å². The highest BCUT2D eigenvalue weighted by Crippen LogP contribution is 2.25. The molecule has 0 saturated heterocycles. The first-order chi connectivity index (χ1) is 7.97. The van der Waals surface area contributed by atoms with Crippen LogP contribution in [0.25, 0.3) is 5.65 Å². The van der Waals surface area contributed by atoms with E-state index in [0.717, 1.165) is 18.0 Å². The molecule has 1 unspecified atom stereocenters. The van der Waals surface area contributed by atoms with Gasteiger partial charge in [0.2, 0.25) is 0 Å². The van der Waals surface area contributed by atoms with E-state index in [2.05, 4.69) is 43.1 Å². The Morgan fingerprint density at radius 3 is 2.82 bits per heavy atom. The van der Waals surface area contributed by atoms with Gasteiger partial charge in [-0.3, -0.25) is 0 Å². The van der Waals surface area contributed by atoms with Crippen molar-refractivity contribution in [3.63, 3.8) is 0 Å². The summed E-state index contributed by atoms with van der Waals surface area (Å²) in [5.41, 5.74) is 1.19. The Balaban J connectivity index is 2.03. The quantitative estimate of drug-likeness (QED) is 0.884. The van der Waals surface area contributed by atoms with Crippen molar-refractivity contribution in [3.05, 3.63) is 24.5 Å². The summed E-state index contributed by atoms with van der Waals surface area (Å²) >= 11 is 0. The summed E-state index contributed by atoms with van der Waals surface area (Å²) in [6.45, 7) is 9.96. The lowest BCUT2D eigenvalue weighted by Crippen LogP contribution is -2.25. The lowest BCUT2D eigenvalue weighted by Gasteiger charge is -2.27. The van der Waals surface area contributed by atoms with E-state index >= 15 is 0 Å². The Hall–Kier alpha value is -1.58. The molecule has 0 aliphatic rings. The molecule has 0 radical (unpaired) electrons. The number of rotatable bonds is 3. The van der Waals surface area contributed by atoms with Gasteiger partial charge < -0.3 is 5.32 Å². The van der Waals surface area contributed by atoms with Crippen molar-refractivity contribution in [2.45, 2.75) is 27.7 Å². The molecule has 2 heterocycles. The third-order valence-corrected chi connectivity index (χ3v) is 3.33. The van der Waals surface area contributed by atoms with Gasteiger partial charge >= 0.3 is 0 Å². The predicted octanol–water partition coefficient (Wildman–Crippen LogP) is 2.82. The highest BCUT2D eigenvalue weighted by Gasteiger charge is 2.19. The SMILES string of the molecule is CC(CNc1ccn2nccc2n1)C(C)(C)C. The maximum atomic E-state index is 4.48. The Morgan fingerprint density at radius 2 is 2.12 bits per heavy atom. The summed E-state index contributed by atoms with van der Waals surface area (Å²) in [6, 6.07) is 3.85. The minimum atomic E-state index is 0.313. The largest absolute Gasteiger partial charge is 0.370 e. The number of anilines is 1. The first-order valence-corrected chi connectivity index (χ1v) is 6.01. The number of nitrogens with one attached hydrogen (secondary N) is 1. The van der Waals surface area contributed by atoms with E-state index in [0.29, 0.717) is 11.3 Å². The fourth-order valence-electron chi connectivity index (χ4n) is 1.47. The highest BCUT2D eigenvalue weighted by molar-refractivity contribution is 5.45. The molecule has 0 bridgehead atoms. The average Bonchev–Trinajstić information content (AvgIpc) is 2.71. The van der Waals surface area contributed by atoms with Crippen LogP contribution in [0.1, 0.15) is 27.7 Å². The molecule has 2 aromatic heterocycles. The maximum absolute atomic E-state index is 4.48. The lowest BCUT2D eigenvalue weighted by atomic mass is 9.82. The van der Waals surface area contributed by atoms with Crippen LogP contribution in [0.2, 0.25) is 0 Å². The molecule has 0 spiro atoms. The molecule has 4 nitrogen and oxygen atoms in total. The Bertz CT molecular complexity index is 495. The summed E-state index contributed by atoms with van der Waals surface area (Å²) in [5, 5.41) is 7.50. The molecule has 92 valence electrons. The van der Waals surface area contributed by atoms with Crippen molar-refractivity contribution in [2.24, 2.45) is 11.3 Å². The standard InChI is InChI=1S/C13H20N4/c1-10(13(2,3)4)9-14-11-6-8-17-12(16-11)5-7-15-17/h5-8,10H,9H2,1-4H3,(H,14,16). The Kier molecular flexibility index (Phi) is 3.05. The second-order valence-corrected chi connectivity index (χ2v) is 5.59. The van der Waals surface area contributed by atoms with Crippen molar-refractivity contribution in [2.75, 3.05) is 11.9 Å². The third-order valence-electron chi connectivity index (χ3n) is 3.33. The smallest absolute Gasteiger partial charge is 0.157 e. The fraction of sp³-hybridized carbons (Fsp3) is 0.538. The van der Waals surface area contributed by atoms with Gasteiger partial charge in [-0.2, -0.15) is 5.10 Å². The van der Waals surface area contributed by atoms with Gasteiger partial charge in [-0.05, 0) is 17.4 Å². The monoisotopic (exact) mass is 232 g/mol. The minimum Gasteiger partial charge on any atom is -0.370 e. The molecule has 17 heavy (non-hydrogen) atoms. The number of aromatic nitrogens is 3. The van der Waals surface area contributed by atoms with Crippen LogP contribution in [0, 0.1) is 11.3 Å². The number of hydrogen-bond donors (Lipinski definition) is 1. The summed E-state index contributed by atoms with van der Waals surface area (Å²) < 4.78 is 1.76. The van der Waals surface area contributed by atoms with Gasteiger partial charge in [0, 0.05) is 18.8 Å². The third kappa shape index (κ3) is 2.75. The van der Waals surface area contributed by atoms with E-state index < -0.39 is 0 Å². The molecule has 0 aromatic carbocycles. The molecule has 1 atom stereocenters. The zero-order valence-electron chi connectivity index (χ0n) is 10.9. The van der Waals surface area contributed by atoms with Crippen molar-refractivity contribution in [3.8, 4) is 0 Å². The van der Waals surface area contributed by atoms with Crippen LogP contribution in [0.4, 0.5) is 5.82 Å². The van der Waals surface area contributed by atoms with E-state index in [-0.39, 0.29) is 0 Å².